The molecule has 1 N–H and O–H groups in total. The van der Waals surface area contributed by atoms with Gasteiger partial charge < -0.3 is 14.7 Å². The minimum Gasteiger partial charge on any atom is -0.340 e. The molecule has 3 aliphatic heterocycles. The third kappa shape index (κ3) is 4.47. The number of carbonyl (C=O) groups is 2. The minimum atomic E-state index is -0.470. The topological polar surface area (TPSA) is 71.5 Å². The van der Waals surface area contributed by atoms with Crippen molar-refractivity contribution in [2.75, 3.05) is 39.8 Å². The zero-order chi connectivity index (χ0) is 22.1. The van der Waals surface area contributed by atoms with E-state index in [1.165, 1.54) is 4.90 Å². The van der Waals surface area contributed by atoms with Crippen LogP contribution in [-0.2, 0) is 11.3 Å². The van der Waals surface area contributed by atoms with Crippen LogP contribution < -0.4 is 5.32 Å². The molecule has 2 saturated heterocycles. The number of nitrogens with zero attached hydrogens (tertiary/aromatic N) is 5. The van der Waals surface area contributed by atoms with Crippen LogP contribution >= 0.6 is 23.2 Å². The molecule has 3 heterocycles. The van der Waals surface area contributed by atoms with Gasteiger partial charge in [0.25, 0.3) is 5.91 Å². The molecule has 2 unspecified atom stereocenters. The molecular formula is C21H28Cl2N6O2. The molecule has 168 valence electrons. The molecule has 10 heteroatoms. The lowest BCUT2D eigenvalue weighted by Crippen LogP contribution is -2.64. The average Bonchev–Trinajstić information content (AvgIpc) is 3.14. The Labute approximate surface area is 192 Å². The van der Waals surface area contributed by atoms with Crippen LogP contribution in [0, 0.1) is 0 Å². The number of rotatable bonds is 5. The number of hydrogen-bond donors (Lipinski definition) is 1. The number of piperazine rings is 1. The summed E-state index contributed by atoms with van der Waals surface area (Å²) in [6.07, 6.45) is 1.52. The Hall–Kier alpha value is -2.03. The third-order valence-corrected chi connectivity index (χ3v) is 6.88. The van der Waals surface area contributed by atoms with Crippen LogP contribution in [0.2, 0.25) is 10.0 Å². The van der Waals surface area contributed by atoms with Crippen LogP contribution in [0.15, 0.2) is 23.2 Å². The highest BCUT2D eigenvalue weighted by Gasteiger charge is 2.49. The number of carbonyl (C=O) groups excluding carboxylic acids is 2. The quantitative estimate of drug-likeness (QED) is 0.721. The fourth-order valence-electron chi connectivity index (χ4n) is 4.34. The van der Waals surface area contributed by atoms with Crippen molar-refractivity contribution in [1.29, 1.82) is 0 Å². The van der Waals surface area contributed by atoms with Gasteiger partial charge in [-0.15, -0.1) is 0 Å². The van der Waals surface area contributed by atoms with Crippen LogP contribution in [0.1, 0.15) is 25.3 Å². The molecule has 8 nitrogen and oxygen atoms in total. The molecule has 3 aliphatic rings. The van der Waals surface area contributed by atoms with E-state index in [0.29, 0.717) is 10.0 Å². The molecule has 1 aromatic carbocycles. The Kier molecular flexibility index (Phi) is 6.60. The average molecular weight is 467 g/mol. The lowest BCUT2D eigenvalue weighted by molar-refractivity contribution is -0.127. The molecule has 0 aromatic heterocycles. The highest BCUT2D eigenvalue weighted by Crippen LogP contribution is 2.27. The molecular weight excluding hydrogens is 439 g/mol. The number of guanidine groups is 1. The summed E-state index contributed by atoms with van der Waals surface area (Å²) in [6.45, 7) is 7.04. The standard InChI is InChI=1S/C21H28Cl2N6O2/c1-3-4-7-29-17-18(26(2)21(31)25-19(17)30)24-20(29)28-10-8-27(9-11-28)13-14-5-6-15(22)16(23)12-14/h5-6,12,17-18H,3-4,7-11,13H2,1-2H3,(H,25,30,31). The molecule has 2 atom stereocenters. The van der Waals surface area contributed by atoms with Crippen LogP contribution in [0.5, 0.6) is 0 Å². The smallest absolute Gasteiger partial charge is 0.325 e. The van der Waals surface area contributed by atoms with E-state index >= 15 is 0 Å². The zero-order valence-electron chi connectivity index (χ0n) is 17.9. The number of halogens is 2. The van der Waals surface area contributed by atoms with Gasteiger partial charge in [-0.3, -0.25) is 15.0 Å². The van der Waals surface area contributed by atoms with Crippen molar-refractivity contribution in [2.24, 2.45) is 4.99 Å². The number of nitrogens with one attached hydrogen (secondary N) is 1. The summed E-state index contributed by atoms with van der Waals surface area (Å²) in [4.78, 5) is 37.8. The van der Waals surface area contributed by atoms with Gasteiger partial charge in [-0.05, 0) is 24.1 Å². The normalized spacial score (nSPS) is 24.4. The van der Waals surface area contributed by atoms with E-state index < -0.39 is 18.2 Å². The van der Waals surface area contributed by atoms with E-state index in [2.05, 4.69) is 26.9 Å². The lowest BCUT2D eigenvalue weighted by Gasteiger charge is -2.40. The maximum Gasteiger partial charge on any atom is 0.325 e. The van der Waals surface area contributed by atoms with Gasteiger partial charge in [-0.25, -0.2) is 9.79 Å². The van der Waals surface area contributed by atoms with Crippen LogP contribution in [0.25, 0.3) is 0 Å². The van der Waals surface area contributed by atoms with Crippen molar-refractivity contribution in [2.45, 2.75) is 38.5 Å². The molecule has 0 aliphatic carbocycles. The second kappa shape index (κ2) is 9.22. The maximum atomic E-state index is 12.6. The maximum absolute atomic E-state index is 12.6. The molecule has 31 heavy (non-hydrogen) atoms. The van der Waals surface area contributed by atoms with Crippen LogP contribution in [-0.4, -0.2) is 89.5 Å². The summed E-state index contributed by atoms with van der Waals surface area (Å²) >= 11 is 12.2. The molecule has 0 saturated carbocycles. The SMILES string of the molecule is CCCCN1C(N2CCN(Cc3ccc(Cl)c(Cl)c3)CC2)=NC2C1C(=O)NC(=O)N2C. The van der Waals surface area contributed by atoms with Crippen molar-refractivity contribution in [3.8, 4) is 0 Å². The number of unbranched alkanes of at least 4 members (excludes halogenated alkanes) is 1. The number of hydrogen-bond acceptors (Lipinski definition) is 6. The number of fused-ring (bicyclic) bond motifs is 1. The first-order chi connectivity index (χ1) is 14.9. The summed E-state index contributed by atoms with van der Waals surface area (Å²) in [7, 11) is 1.69. The lowest BCUT2D eigenvalue weighted by atomic mass is 10.1. The summed E-state index contributed by atoms with van der Waals surface area (Å²) in [5, 5.41) is 3.60. The highest BCUT2D eigenvalue weighted by atomic mass is 35.5. The molecule has 0 radical (unpaired) electrons. The first-order valence-corrected chi connectivity index (χ1v) is 11.5. The Morgan fingerprint density at radius 1 is 1.13 bits per heavy atom. The van der Waals surface area contributed by atoms with E-state index in [4.69, 9.17) is 28.2 Å². The van der Waals surface area contributed by atoms with Crippen molar-refractivity contribution >= 4 is 41.1 Å². The number of urea groups is 1. The van der Waals surface area contributed by atoms with Gasteiger partial charge in [0.15, 0.2) is 18.2 Å². The first-order valence-electron chi connectivity index (χ1n) is 10.7. The summed E-state index contributed by atoms with van der Waals surface area (Å²) in [5.41, 5.74) is 1.13. The molecule has 2 fully saturated rings. The molecule has 0 bridgehead atoms. The fourth-order valence-corrected chi connectivity index (χ4v) is 4.67. The fraction of sp³-hybridized carbons (Fsp3) is 0.571. The number of imide groups is 1. The van der Waals surface area contributed by atoms with Gasteiger partial charge in [0.05, 0.1) is 10.0 Å². The molecule has 1 aromatic rings. The van der Waals surface area contributed by atoms with Gasteiger partial charge in [0.2, 0.25) is 0 Å². The van der Waals surface area contributed by atoms with Crippen LogP contribution in [0.4, 0.5) is 4.79 Å². The molecule has 0 spiro atoms. The number of benzene rings is 1. The molecule has 3 amide bonds. The number of aliphatic imine (C=N–C) groups is 1. The van der Waals surface area contributed by atoms with Gasteiger partial charge in [-0.1, -0.05) is 42.6 Å². The van der Waals surface area contributed by atoms with Crippen molar-refractivity contribution < 1.29 is 9.59 Å². The highest BCUT2D eigenvalue weighted by molar-refractivity contribution is 6.42. The third-order valence-electron chi connectivity index (χ3n) is 6.14. The summed E-state index contributed by atoms with van der Waals surface area (Å²) in [6, 6.07) is 4.90. The van der Waals surface area contributed by atoms with Crippen molar-refractivity contribution in [1.82, 2.24) is 24.9 Å². The predicted molar refractivity (Wildman–Crippen MR) is 121 cm³/mol. The number of amides is 3. The zero-order valence-corrected chi connectivity index (χ0v) is 19.4. The summed E-state index contributed by atoms with van der Waals surface area (Å²) < 4.78 is 0. The minimum absolute atomic E-state index is 0.263. The van der Waals surface area contributed by atoms with Gasteiger partial charge >= 0.3 is 6.03 Å². The van der Waals surface area contributed by atoms with E-state index in [0.717, 1.165) is 63.6 Å². The number of likely N-dealkylation sites (N-methyl/N-ethyl adjacent to an activating group) is 1. The Balaban J connectivity index is 1.45. The Morgan fingerprint density at radius 3 is 2.55 bits per heavy atom. The predicted octanol–water partition coefficient (Wildman–Crippen LogP) is 2.46. The largest absolute Gasteiger partial charge is 0.340 e. The second-order valence-corrected chi connectivity index (χ2v) is 9.07. The van der Waals surface area contributed by atoms with Crippen molar-refractivity contribution in [3.63, 3.8) is 0 Å². The second-order valence-electron chi connectivity index (χ2n) is 8.25. The van der Waals surface area contributed by atoms with E-state index in [-0.39, 0.29) is 5.91 Å². The Bertz CT molecular complexity index is 887. The van der Waals surface area contributed by atoms with Gasteiger partial charge in [0.1, 0.15) is 0 Å². The van der Waals surface area contributed by atoms with E-state index in [1.807, 2.05) is 18.2 Å². The van der Waals surface area contributed by atoms with Gasteiger partial charge in [0, 0.05) is 46.3 Å². The summed E-state index contributed by atoms with van der Waals surface area (Å²) in [5.74, 6) is 0.565. The van der Waals surface area contributed by atoms with E-state index in [1.54, 1.807) is 7.05 Å². The van der Waals surface area contributed by atoms with Gasteiger partial charge in [-0.2, -0.15) is 0 Å². The van der Waals surface area contributed by atoms with Crippen molar-refractivity contribution in [3.05, 3.63) is 33.8 Å². The monoisotopic (exact) mass is 466 g/mol. The first kappa shape index (κ1) is 22.2. The van der Waals surface area contributed by atoms with E-state index in [9.17, 15) is 9.59 Å². The van der Waals surface area contributed by atoms with Crippen LogP contribution in [0.3, 0.4) is 0 Å². The Morgan fingerprint density at radius 2 is 1.87 bits per heavy atom. The molecule has 4 rings (SSSR count).